The van der Waals surface area contributed by atoms with E-state index in [0.717, 1.165) is 0 Å². The van der Waals surface area contributed by atoms with Gasteiger partial charge in [-0.25, -0.2) is 0 Å². The average molecular weight is 1460 g/mol. The molecular formula is C18H36I5Na4O14S8-. The molecule has 1 rings (SSSR count). The number of hydrogen-bond donors (Lipinski definition) is 0. The van der Waals surface area contributed by atoms with E-state index in [1.54, 1.807) is 0 Å². The Balaban J connectivity index is -0.0000000437. The number of carbonyl (C=O) groups excluding carboxylic acids is 4. The molecule has 0 aromatic heterocycles. The summed E-state index contributed by atoms with van der Waals surface area (Å²) < 4.78 is 51.7. The van der Waals surface area contributed by atoms with E-state index in [1.807, 2.05) is 0 Å². The van der Waals surface area contributed by atoms with E-state index >= 15 is 0 Å². The number of methoxy groups -OCH3 is 2. The summed E-state index contributed by atoms with van der Waals surface area (Å²) >= 11 is 22.2. The van der Waals surface area contributed by atoms with Crippen LogP contribution >= 0.6 is 104 Å². The zero-order valence-corrected chi connectivity index (χ0v) is 51.8. The van der Waals surface area contributed by atoms with Crippen molar-refractivity contribution >= 4 is 205 Å². The maximum Gasteiger partial charge on any atom is 1.00 e. The minimum Gasteiger partial charge on any atom is -0.917 e. The molecule has 0 spiro atoms. The van der Waals surface area contributed by atoms with Crippen LogP contribution in [0.1, 0.15) is 28.7 Å². The van der Waals surface area contributed by atoms with Crippen LogP contribution in [-0.4, -0.2) is 87.8 Å². The van der Waals surface area contributed by atoms with Gasteiger partial charge in [-0.3, -0.25) is 27.5 Å². The summed E-state index contributed by atoms with van der Waals surface area (Å²) in [5.41, 5.74) is 0. The van der Waals surface area contributed by atoms with E-state index in [-0.39, 0.29) is 173 Å². The Morgan fingerprint density at radius 3 is 1.53 bits per heavy atom. The third-order valence-electron chi connectivity index (χ3n) is 3.57. The predicted octanol–water partition coefficient (Wildman–Crippen LogP) is -9.61. The standard InChI is InChI=1S/C8H14O4S3.C8H14O4S2.2CH4.I3.I2.4Na.H2O3S2.O3S/c1-11-7(9)5-14(3)15(4,13)6-8(10)12-2;1-7(9)13(3)5-11-14(4,6-12-14)8(2)10;;;1-3-2;1-2;;;;;4-2-1-3-5;1-4(2)3/h3-6H2,1-2H3;3-6H2,1-2H3;2*1H4;;;;;;;4-5H;/q;;;;-1;;4*+1;;-2/p-2. The Kier molecular flexibility index (Phi) is 88.4. The Labute approximate surface area is 455 Å². The first-order valence-electron chi connectivity index (χ1n) is 9.31. The van der Waals surface area contributed by atoms with Crippen molar-refractivity contribution in [3.8, 4) is 0 Å². The number of esters is 2. The van der Waals surface area contributed by atoms with Crippen LogP contribution in [0.3, 0.4) is 0 Å². The van der Waals surface area contributed by atoms with Crippen molar-refractivity contribution in [1.29, 1.82) is 0 Å². The van der Waals surface area contributed by atoms with Gasteiger partial charge in [0.2, 0.25) is 5.12 Å². The van der Waals surface area contributed by atoms with Crippen LogP contribution in [-0.2, 0) is 114 Å². The normalized spacial score (nSPS) is 14.7. The minimum atomic E-state index is -3.11. The van der Waals surface area contributed by atoms with Crippen molar-refractivity contribution in [3.63, 3.8) is 0 Å². The summed E-state index contributed by atoms with van der Waals surface area (Å²) in [6.07, 6.45) is 0. The summed E-state index contributed by atoms with van der Waals surface area (Å²) in [5.74, 6) is 14.6. The molecule has 49 heavy (non-hydrogen) atoms. The van der Waals surface area contributed by atoms with E-state index < -0.39 is 53.5 Å². The zero-order chi connectivity index (χ0) is 35.5. The Morgan fingerprint density at radius 1 is 1.00 bits per heavy atom. The van der Waals surface area contributed by atoms with Gasteiger partial charge in [0.1, 0.15) is 5.94 Å². The molecule has 1 saturated heterocycles. The SMILES string of the molecule is C.C.C=S(CC(=O)OC)S(=C)(=S)CC(=O)OC.C=S(COS1(=C)(C(C)=O)CO1)C(C)=O.II.I[I-]I.O=[S-](=O)[O-].[Na+].[Na+].[Na+].[Na+].[S-]OOO[S-]. The van der Waals surface area contributed by atoms with Gasteiger partial charge in [0.05, 0.1) is 25.7 Å². The fraction of sp³-hybridized carbons (Fsp3) is 0.556. The largest absolute Gasteiger partial charge is 1.00 e. The van der Waals surface area contributed by atoms with Gasteiger partial charge < -0.3 is 56.9 Å². The van der Waals surface area contributed by atoms with Crippen LogP contribution in [0, 0.1) is 0 Å². The number of rotatable bonds is 10. The molecule has 1 heterocycles. The zero-order valence-electron chi connectivity index (χ0n) is 26.5. The first kappa shape index (κ1) is 84.0. The molecule has 14 nitrogen and oxygen atoms in total. The first-order chi connectivity index (χ1) is 19.7. The Bertz CT molecular complexity index is 1150. The number of ether oxygens (including phenoxy) is 2. The summed E-state index contributed by atoms with van der Waals surface area (Å²) in [4.78, 5) is 44.2. The van der Waals surface area contributed by atoms with Crippen molar-refractivity contribution in [3.05, 3.63) is 0 Å². The third kappa shape index (κ3) is 53.4. The van der Waals surface area contributed by atoms with Gasteiger partial charge in [0.15, 0.2) is 11.1 Å². The van der Waals surface area contributed by atoms with Crippen LogP contribution in [0.4, 0.5) is 0 Å². The second-order valence-electron chi connectivity index (χ2n) is 6.23. The van der Waals surface area contributed by atoms with Crippen LogP contribution in [0.5, 0.6) is 0 Å². The quantitative estimate of drug-likeness (QED) is 0.0171. The van der Waals surface area contributed by atoms with Gasteiger partial charge in [-0.1, -0.05) is 50.2 Å². The maximum absolute atomic E-state index is 11.3. The molecule has 0 amide bonds. The average Bonchev–Trinajstić information content (AvgIpc) is 3.63. The fourth-order valence-electron chi connectivity index (χ4n) is 1.28. The van der Waals surface area contributed by atoms with E-state index in [1.165, 1.54) is 28.1 Å². The molecule has 0 aromatic rings. The van der Waals surface area contributed by atoms with Gasteiger partial charge in [-0.15, -0.1) is 14.6 Å². The van der Waals surface area contributed by atoms with Crippen molar-refractivity contribution in [2.75, 3.05) is 37.6 Å². The second kappa shape index (κ2) is 51.6. The molecular weight excluding hydrogens is 1420 g/mol. The third-order valence-corrected chi connectivity index (χ3v) is 15.5. The second-order valence-corrected chi connectivity index (χ2v) is 37.5. The van der Waals surface area contributed by atoms with Crippen molar-refractivity contribution in [2.24, 2.45) is 0 Å². The molecule has 0 bridgehead atoms. The van der Waals surface area contributed by atoms with E-state index in [4.69, 9.17) is 32.5 Å². The molecule has 0 saturated carbocycles. The van der Waals surface area contributed by atoms with Crippen molar-refractivity contribution < 1.29 is 195 Å². The van der Waals surface area contributed by atoms with Gasteiger partial charge in [-0.2, -0.15) is 20.3 Å². The monoisotopic (exact) mass is 1460 g/mol. The van der Waals surface area contributed by atoms with Crippen LogP contribution < -0.4 is 131 Å². The molecule has 280 valence electrons. The molecule has 31 heteroatoms. The van der Waals surface area contributed by atoms with Gasteiger partial charge in [0, 0.05) is 51.1 Å². The van der Waals surface area contributed by atoms with E-state index in [0.29, 0.717) is 13.3 Å². The molecule has 1 aliphatic heterocycles. The van der Waals surface area contributed by atoms with Crippen molar-refractivity contribution in [1.82, 2.24) is 0 Å². The fourth-order valence-corrected chi connectivity index (χ4v) is 7.83. The smallest absolute Gasteiger partial charge is 0.917 e. The van der Waals surface area contributed by atoms with Crippen LogP contribution in [0.25, 0.3) is 0 Å². The number of carbonyl (C=O) groups is 4. The summed E-state index contributed by atoms with van der Waals surface area (Å²) in [7, 11) is -6.76. The van der Waals surface area contributed by atoms with E-state index in [2.05, 4.69) is 147 Å². The summed E-state index contributed by atoms with van der Waals surface area (Å²) in [6, 6.07) is 0. The Hall–Kier alpha value is 7.44. The Morgan fingerprint density at radius 2 is 1.33 bits per heavy atom. The van der Waals surface area contributed by atoms with Crippen molar-refractivity contribution in [2.45, 2.75) is 28.7 Å². The van der Waals surface area contributed by atoms with Gasteiger partial charge in [0.25, 0.3) is 0 Å². The molecule has 3 unspecified atom stereocenters. The molecule has 0 aliphatic carbocycles. The summed E-state index contributed by atoms with van der Waals surface area (Å²) in [6.45, 7) is 2.85. The number of hydrogen-bond acceptors (Lipinski definition) is 18. The molecule has 0 N–H and O–H groups in total. The van der Waals surface area contributed by atoms with Crippen LogP contribution in [0.2, 0.25) is 0 Å². The molecule has 1 aliphatic rings. The molecule has 0 aromatic carbocycles. The molecule has 3 atom stereocenters. The summed E-state index contributed by atoms with van der Waals surface area (Å²) in [5, 5.41) is 3.24. The van der Waals surface area contributed by atoms with Gasteiger partial charge >= 0.3 is 181 Å². The van der Waals surface area contributed by atoms with E-state index in [9.17, 15) is 19.2 Å². The minimum absolute atomic E-state index is 0. The molecule has 1 fully saturated rings. The maximum atomic E-state index is 11.3. The predicted molar refractivity (Wildman–Crippen MR) is 230 cm³/mol. The topological polar surface area (TPSA) is 193 Å². The number of halogens is 5. The molecule has 0 radical (unpaired) electrons. The van der Waals surface area contributed by atoms with Crippen LogP contribution in [0.15, 0.2) is 0 Å². The van der Waals surface area contributed by atoms with Gasteiger partial charge in [-0.05, 0) is 17.1 Å². The first-order valence-corrected chi connectivity index (χ1v) is 38.6.